The molecule has 0 fully saturated rings. The molecule has 0 aliphatic carbocycles. The SMILES string of the molecule is CN(c1nccs1)S(=O)(=O)c1ccc2c(c1)CC(=O)N2. The summed E-state index contributed by atoms with van der Waals surface area (Å²) in [5.41, 5.74) is 1.37. The maximum absolute atomic E-state index is 12.5. The molecule has 0 bridgehead atoms. The van der Waals surface area contributed by atoms with Gasteiger partial charge in [0.15, 0.2) is 5.13 Å². The number of amides is 1. The van der Waals surface area contributed by atoms with Crippen LogP contribution in [0.15, 0.2) is 34.7 Å². The highest BCUT2D eigenvalue weighted by molar-refractivity contribution is 7.93. The van der Waals surface area contributed by atoms with Crippen molar-refractivity contribution in [1.29, 1.82) is 0 Å². The van der Waals surface area contributed by atoms with Crippen LogP contribution in [0.3, 0.4) is 0 Å². The maximum Gasteiger partial charge on any atom is 0.265 e. The highest BCUT2D eigenvalue weighted by atomic mass is 32.2. The van der Waals surface area contributed by atoms with Gasteiger partial charge in [0.25, 0.3) is 10.0 Å². The van der Waals surface area contributed by atoms with Crippen LogP contribution in [0.1, 0.15) is 5.56 Å². The van der Waals surface area contributed by atoms with E-state index in [0.717, 1.165) is 4.31 Å². The zero-order chi connectivity index (χ0) is 14.3. The molecule has 0 saturated heterocycles. The van der Waals surface area contributed by atoms with E-state index in [2.05, 4.69) is 10.3 Å². The van der Waals surface area contributed by atoms with Gasteiger partial charge in [-0.15, -0.1) is 11.3 Å². The van der Waals surface area contributed by atoms with E-state index < -0.39 is 10.0 Å². The molecule has 2 aromatic rings. The van der Waals surface area contributed by atoms with Crippen molar-refractivity contribution in [1.82, 2.24) is 4.98 Å². The molecule has 104 valence electrons. The first-order chi connectivity index (χ1) is 9.48. The monoisotopic (exact) mass is 309 g/mol. The largest absolute Gasteiger partial charge is 0.326 e. The third kappa shape index (κ3) is 2.06. The Labute approximate surface area is 120 Å². The van der Waals surface area contributed by atoms with Crippen molar-refractivity contribution in [2.45, 2.75) is 11.3 Å². The average molecular weight is 309 g/mol. The van der Waals surface area contributed by atoms with Crippen LogP contribution in [-0.4, -0.2) is 26.4 Å². The first kappa shape index (κ1) is 13.1. The highest BCUT2D eigenvalue weighted by Crippen LogP contribution is 2.29. The number of carbonyl (C=O) groups is 1. The predicted octanol–water partition coefficient (Wildman–Crippen LogP) is 1.46. The zero-order valence-corrected chi connectivity index (χ0v) is 12.2. The van der Waals surface area contributed by atoms with Gasteiger partial charge in [0.1, 0.15) is 0 Å². The van der Waals surface area contributed by atoms with Gasteiger partial charge in [-0.25, -0.2) is 17.7 Å². The molecule has 1 aliphatic heterocycles. The molecular formula is C12H11N3O3S2. The lowest BCUT2D eigenvalue weighted by molar-refractivity contribution is -0.115. The van der Waals surface area contributed by atoms with Gasteiger partial charge in [0.2, 0.25) is 5.91 Å². The summed E-state index contributed by atoms with van der Waals surface area (Å²) >= 11 is 1.25. The molecule has 0 unspecified atom stereocenters. The van der Waals surface area contributed by atoms with Crippen molar-refractivity contribution >= 4 is 38.1 Å². The van der Waals surface area contributed by atoms with E-state index in [-0.39, 0.29) is 17.2 Å². The Bertz CT molecular complexity index is 769. The van der Waals surface area contributed by atoms with E-state index in [9.17, 15) is 13.2 Å². The van der Waals surface area contributed by atoms with Gasteiger partial charge >= 0.3 is 0 Å². The summed E-state index contributed by atoms with van der Waals surface area (Å²) in [4.78, 5) is 15.5. The zero-order valence-electron chi connectivity index (χ0n) is 10.5. The fourth-order valence-corrected chi connectivity index (χ4v) is 4.04. The third-order valence-corrected chi connectivity index (χ3v) is 5.76. The summed E-state index contributed by atoms with van der Waals surface area (Å²) in [5.74, 6) is -0.122. The Morgan fingerprint density at radius 2 is 2.20 bits per heavy atom. The number of fused-ring (bicyclic) bond motifs is 1. The van der Waals surface area contributed by atoms with Gasteiger partial charge in [-0.2, -0.15) is 0 Å². The molecular weight excluding hydrogens is 298 g/mol. The van der Waals surface area contributed by atoms with E-state index in [0.29, 0.717) is 16.4 Å². The van der Waals surface area contributed by atoms with Crippen molar-refractivity contribution in [3.8, 4) is 0 Å². The molecule has 1 aliphatic rings. The van der Waals surface area contributed by atoms with Crippen LogP contribution in [0.25, 0.3) is 0 Å². The van der Waals surface area contributed by atoms with Gasteiger partial charge in [0, 0.05) is 24.3 Å². The summed E-state index contributed by atoms with van der Waals surface area (Å²) in [7, 11) is -2.20. The second kappa shape index (κ2) is 4.57. The Morgan fingerprint density at radius 3 is 2.90 bits per heavy atom. The molecule has 6 nitrogen and oxygen atoms in total. The minimum Gasteiger partial charge on any atom is -0.326 e. The summed E-state index contributed by atoms with van der Waals surface area (Å²) in [6, 6.07) is 4.64. The average Bonchev–Trinajstić information content (AvgIpc) is 3.04. The van der Waals surface area contributed by atoms with Gasteiger partial charge < -0.3 is 5.32 Å². The summed E-state index contributed by atoms with van der Waals surface area (Å²) in [6.45, 7) is 0. The first-order valence-corrected chi connectivity index (χ1v) is 8.11. The van der Waals surface area contributed by atoms with Crippen LogP contribution in [0.2, 0.25) is 0 Å². The van der Waals surface area contributed by atoms with E-state index in [1.807, 2.05) is 0 Å². The number of nitrogens with one attached hydrogen (secondary N) is 1. The van der Waals surface area contributed by atoms with Gasteiger partial charge in [0.05, 0.1) is 11.3 Å². The molecule has 1 amide bonds. The number of hydrogen-bond donors (Lipinski definition) is 1. The van der Waals surface area contributed by atoms with Crippen molar-refractivity contribution in [3.05, 3.63) is 35.3 Å². The Hall–Kier alpha value is -1.93. The van der Waals surface area contributed by atoms with Crippen molar-refractivity contribution < 1.29 is 13.2 Å². The molecule has 3 rings (SSSR count). The number of hydrogen-bond acceptors (Lipinski definition) is 5. The van der Waals surface area contributed by atoms with Crippen molar-refractivity contribution in [2.75, 3.05) is 16.7 Å². The summed E-state index contributed by atoms with van der Waals surface area (Å²) in [6.07, 6.45) is 1.76. The number of anilines is 2. The molecule has 0 atom stereocenters. The number of nitrogens with zero attached hydrogens (tertiary/aromatic N) is 2. The van der Waals surface area contributed by atoms with Crippen LogP contribution in [0, 0.1) is 0 Å². The van der Waals surface area contributed by atoms with E-state index >= 15 is 0 Å². The molecule has 1 aromatic heterocycles. The number of sulfonamides is 1. The quantitative estimate of drug-likeness (QED) is 0.931. The second-order valence-electron chi connectivity index (χ2n) is 4.33. The van der Waals surface area contributed by atoms with Crippen LogP contribution >= 0.6 is 11.3 Å². The fraction of sp³-hybridized carbons (Fsp3) is 0.167. The van der Waals surface area contributed by atoms with Crippen LogP contribution in [0.4, 0.5) is 10.8 Å². The van der Waals surface area contributed by atoms with Gasteiger partial charge in [-0.1, -0.05) is 0 Å². The van der Waals surface area contributed by atoms with E-state index in [1.54, 1.807) is 17.6 Å². The Balaban J connectivity index is 2.01. The Morgan fingerprint density at radius 1 is 1.40 bits per heavy atom. The lowest BCUT2D eigenvalue weighted by Crippen LogP contribution is -2.26. The number of rotatable bonds is 3. The predicted molar refractivity (Wildman–Crippen MR) is 76.5 cm³/mol. The lowest BCUT2D eigenvalue weighted by Gasteiger charge is -2.16. The molecule has 8 heteroatoms. The standard InChI is InChI=1S/C12H11N3O3S2/c1-15(12-13-4-5-19-12)20(17,18)9-2-3-10-8(6-9)7-11(16)14-10/h2-6H,7H2,1H3,(H,14,16). The Kier molecular flexibility index (Phi) is 2.98. The number of benzene rings is 1. The van der Waals surface area contributed by atoms with Gasteiger partial charge in [-0.3, -0.25) is 4.79 Å². The molecule has 20 heavy (non-hydrogen) atoms. The molecule has 0 saturated carbocycles. The van der Waals surface area contributed by atoms with Crippen LogP contribution in [-0.2, 0) is 21.2 Å². The number of thiazole rings is 1. The minimum atomic E-state index is -3.66. The summed E-state index contributed by atoms with van der Waals surface area (Å²) < 4.78 is 26.1. The van der Waals surface area contributed by atoms with Crippen LogP contribution < -0.4 is 9.62 Å². The lowest BCUT2D eigenvalue weighted by atomic mass is 10.2. The highest BCUT2D eigenvalue weighted by Gasteiger charge is 2.26. The molecule has 1 aromatic carbocycles. The maximum atomic E-state index is 12.5. The van der Waals surface area contributed by atoms with Crippen molar-refractivity contribution in [2.24, 2.45) is 0 Å². The number of carbonyl (C=O) groups excluding carboxylic acids is 1. The van der Waals surface area contributed by atoms with Crippen molar-refractivity contribution in [3.63, 3.8) is 0 Å². The minimum absolute atomic E-state index is 0.122. The molecule has 0 spiro atoms. The smallest absolute Gasteiger partial charge is 0.265 e. The molecule has 0 radical (unpaired) electrons. The van der Waals surface area contributed by atoms with Crippen LogP contribution in [0.5, 0.6) is 0 Å². The van der Waals surface area contributed by atoms with E-state index in [1.165, 1.54) is 30.5 Å². The van der Waals surface area contributed by atoms with Gasteiger partial charge in [-0.05, 0) is 23.8 Å². The third-order valence-electron chi connectivity index (χ3n) is 3.05. The normalized spacial score (nSPS) is 13.9. The second-order valence-corrected chi connectivity index (χ2v) is 7.17. The summed E-state index contributed by atoms with van der Waals surface area (Å²) in [5, 5.41) is 4.79. The van der Waals surface area contributed by atoms with E-state index in [4.69, 9.17) is 0 Å². The molecule has 1 N–H and O–H groups in total. The topological polar surface area (TPSA) is 79.4 Å². The fourth-order valence-electron chi connectivity index (χ4n) is 2.00. The number of aromatic nitrogens is 1. The first-order valence-electron chi connectivity index (χ1n) is 5.80. The molecule has 2 heterocycles.